The van der Waals surface area contributed by atoms with Crippen LogP contribution >= 0.6 is 12.4 Å². The highest BCUT2D eigenvalue weighted by Gasteiger charge is 2.15. The van der Waals surface area contributed by atoms with Gasteiger partial charge in [-0.15, -0.1) is 12.4 Å². The Kier molecular flexibility index (Phi) is 6.11. The molecule has 1 saturated carbocycles. The van der Waals surface area contributed by atoms with E-state index in [9.17, 15) is 4.79 Å². The van der Waals surface area contributed by atoms with Gasteiger partial charge in [0.1, 0.15) is 0 Å². The summed E-state index contributed by atoms with van der Waals surface area (Å²) in [5.41, 5.74) is 0. The van der Waals surface area contributed by atoms with Crippen molar-refractivity contribution in [2.24, 2.45) is 0 Å². The Labute approximate surface area is 79.7 Å². The lowest BCUT2D eigenvalue weighted by molar-refractivity contribution is -0.120. The first-order valence-corrected chi connectivity index (χ1v) is 4.27. The van der Waals surface area contributed by atoms with E-state index in [1.165, 1.54) is 12.8 Å². The van der Waals surface area contributed by atoms with Crippen molar-refractivity contribution in [3.05, 3.63) is 0 Å². The molecule has 0 radical (unpaired) electrons. The molecule has 1 rings (SSSR count). The molecule has 0 aromatic rings. The Morgan fingerprint density at radius 2 is 2.00 bits per heavy atom. The van der Waals surface area contributed by atoms with Crippen molar-refractivity contribution in [3.8, 4) is 0 Å². The number of hydrogen-bond donors (Lipinski definition) is 2. The molecule has 12 heavy (non-hydrogen) atoms. The highest BCUT2D eigenvalue weighted by Crippen LogP contribution is 2.17. The Bertz CT molecular complexity index is 135. The van der Waals surface area contributed by atoms with Crippen molar-refractivity contribution >= 4 is 18.3 Å². The van der Waals surface area contributed by atoms with Gasteiger partial charge < -0.3 is 10.6 Å². The van der Waals surface area contributed by atoms with E-state index in [0.717, 1.165) is 12.8 Å². The standard InChI is InChI=1S/C8H16N2O.ClH/c1-9-6-8(11)10-7-4-2-3-5-7;/h7,9H,2-6H2,1H3,(H,10,11);1H. The smallest absolute Gasteiger partial charge is 0.234 e. The molecule has 0 unspecified atom stereocenters. The lowest BCUT2D eigenvalue weighted by Gasteiger charge is -2.10. The maximum absolute atomic E-state index is 11.0. The van der Waals surface area contributed by atoms with E-state index >= 15 is 0 Å². The fourth-order valence-electron chi connectivity index (χ4n) is 1.51. The van der Waals surface area contributed by atoms with Crippen molar-refractivity contribution in [2.45, 2.75) is 31.7 Å². The summed E-state index contributed by atoms with van der Waals surface area (Å²) in [7, 11) is 1.79. The van der Waals surface area contributed by atoms with Crippen molar-refractivity contribution in [1.29, 1.82) is 0 Å². The monoisotopic (exact) mass is 192 g/mol. The predicted octanol–water partition coefficient (Wildman–Crippen LogP) is 0.686. The minimum absolute atomic E-state index is 0. The van der Waals surface area contributed by atoms with Gasteiger partial charge in [-0.1, -0.05) is 12.8 Å². The van der Waals surface area contributed by atoms with Crippen LogP contribution in [-0.2, 0) is 4.79 Å². The van der Waals surface area contributed by atoms with Crippen LogP contribution < -0.4 is 10.6 Å². The number of nitrogens with one attached hydrogen (secondary N) is 2. The van der Waals surface area contributed by atoms with Crippen LogP contribution in [0.25, 0.3) is 0 Å². The summed E-state index contributed by atoms with van der Waals surface area (Å²) in [5, 5.41) is 5.81. The van der Waals surface area contributed by atoms with Gasteiger partial charge in [0.2, 0.25) is 5.91 Å². The second kappa shape index (κ2) is 6.26. The summed E-state index contributed by atoms with van der Waals surface area (Å²) in [4.78, 5) is 11.0. The summed E-state index contributed by atoms with van der Waals surface area (Å²) >= 11 is 0. The molecule has 0 aliphatic heterocycles. The first kappa shape index (κ1) is 11.7. The first-order chi connectivity index (χ1) is 5.33. The molecule has 0 atom stereocenters. The average molecular weight is 193 g/mol. The molecule has 0 aromatic heterocycles. The molecule has 0 heterocycles. The van der Waals surface area contributed by atoms with Gasteiger partial charge in [0.15, 0.2) is 0 Å². The topological polar surface area (TPSA) is 41.1 Å². The van der Waals surface area contributed by atoms with Crippen LogP contribution in [0.5, 0.6) is 0 Å². The van der Waals surface area contributed by atoms with Crippen LogP contribution in [0.2, 0.25) is 0 Å². The third-order valence-electron chi connectivity index (χ3n) is 2.06. The van der Waals surface area contributed by atoms with Gasteiger partial charge in [-0.2, -0.15) is 0 Å². The molecule has 72 valence electrons. The number of rotatable bonds is 3. The fraction of sp³-hybridized carbons (Fsp3) is 0.875. The highest BCUT2D eigenvalue weighted by molar-refractivity contribution is 5.85. The number of halogens is 1. The second-order valence-electron chi connectivity index (χ2n) is 3.08. The summed E-state index contributed by atoms with van der Waals surface area (Å²) in [6.45, 7) is 0.441. The average Bonchev–Trinajstić information content (AvgIpc) is 2.40. The molecule has 0 aromatic carbocycles. The Morgan fingerprint density at radius 1 is 1.42 bits per heavy atom. The number of carbonyl (C=O) groups excluding carboxylic acids is 1. The Hall–Kier alpha value is -0.280. The largest absolute Gasteiger partial charge is 0.352 e. The maximum Gasteiger partial charge on any atom is 0.234 e. The van der Waals surface area contributed by atoms with Crippen molar-refractivity contribution in [1.82, 2.24) is 10.6 Å². The van der Waals surface area contributed by atoms with Crippen molar-refractivity contribution < 1.29 is 4.79 Å². The van der Waals surface area contributed by atoms with Crippen LogP contribution in [0.3, 0.4) is 0 Å². The molecular weight excluding hydrogens is 176 g/mol. The quantitative estimate of drug-likeness (QED) is 0.691. The number of carbonyl (C=O) groups is 1. The molecule has 0 saturated heterocycles. The summed E-state index contributed by atoms with van der Waals surface area (Å²) in [5.74, 6) is 0.124. The molecule has 1 amide bonds. The summed E-state index contributed by atoms with van der Waals surface area (Å²) < 4.78 is 0. The van der Waals surface area contributed by atoms with Crippen LogP contribution in [0.4, 0.5) is 0 Å². The van der Waals surface area contributed by atoms with Crippen molar-refractivity contribution in [2.75, 3.05) is 13.6 Å². The third-order valence-corrected chi connectivity index (χ3v) is 2.06. The lowest BCUT2D eigenvalue weighted by Crippen LogP contribution is -2.38. The molecule has 1 fully saturated rings. The zero-order valence-electron chi connectivity index (χ0n) is 7.43. The number of amides is 1. The third kappa shape index (κ3) is 3.93. The van der Waals surface area contributed by atoms with Crippen LogP contribution in [0, 0.1) is 0 Å². The first-order valence-electron chi connectivity index (χ1n) is 4.27. The Morgan fingerprint density at radius 3 is 2.50 bits per heavy atom. The molecule has 0 bridgehead atoms. The molecular formula is C8H17ClN2O. The SMILES string of the molecule is CNCC(=O)NC1CCCC1.Cl. The minimum atomic E-state index is 0. The zero-order chi connectivity index (χ0) is 8.10. The van der Waals surface area contributed by atoms with Crippen molar-refractivity contribution in [3.63, 3.8) is 0 Å². The number of likely N-dealkylation sites (N-methyl/N-ethyl adjacent to an activating group) is 1. The van der Waals surface area contributed by atoms with E-state index < -0.39 is 0 Å². The van der Waals surface area contributed by atoms with Crippen LogP contribution in [-0.4, -0.2) is 25.5 Å². The molecule has 2 N–H and O–H groups in total. The zero-order valence-corrected chi connectivity index (χ0v) is 8.25. The minimum Gasteiger partial charge on any atom is -0.352 e. The van der Waals surface area contributed by atoms with Gasteiger partial charge in [-0.3, -0.25) is 4.79 Å². The van der Waals surface area contributed by atoms with E-state index in [2.05, 4.69) is 10.6 Å². The van der Waals surface area contributed by atoms with Gasteiger partial charge >= 0.3 is 0 Å². The Balaban J connectivity index is 0.00000121. The van der Waals surface area contributed by atoms with Crippen LogP contribution in [0.15, 0.2) is 0 Å². The molecule has 4 heteroatoms. The van der Waals surface area contributed by atoms with E-state index in [4.69, 9.17) is 0 Å². The van der Waals surface area contributed by atoms with E-state index in [1.54, 1.807) is 7.05 Å². The van der Waals surface area contributed by atoms with Gasteiger partial charge in [0.05, 0.1) is 6.54 Å². The lowest BCUT2D eigenvalue weighted by atomic mass is 10.2. The molecule has 0 spiro atoms. The molecule has 1 aliphatic carbocycles. The highest BCUT2D eigenvalue weighted by atomic mass is 35.5. The normalized spacial score (nSPS) is 17.1. The second-order valence-corrected chi connectivity index (χ2v) is 3.08. The van der Waals surface area contributed by atoms with Gasteiger partial charge in [-0.05, 0) is 19.9 Å². The number of hydrogen-bond acceptors (Lipinski definition) is 2. The van der Waals surface area contributed by atoms with E-state index in [-0.39, 0.29) is 18.3 Å². The fourth-order valence-corrected chi connectivity index (χ4v) is 1.51. The van der Waals surface area contributed by atoms with Crippen LogP contribution in [0.1, 0.15) is 25.7 Å². The predicted molar refractivity (Wildman–Crippen MR) is 51.6 cm³/mol. The van der Waals surface area contributed by atoms with E-state index in [1.807, 2.05) is 0 Å². The van der Waals surface area contributed by atoms with E-state index in [0.29, 0.717) is 12.6 Å². The van der Waals surface area contributed by atoms with Gasteiger partial charge in [0, 0.05) is 6.04 Å². The molecule has 3 nitrogen and oxygen atoms in total. The summed E-state index contributed by atoms with van der Waals surface area (Å²) in [6.07, 6.45) is 4.86. The molecule has 1 aliphatic rings. The van der Waals surface area contributed by atoms with Gasteiger partial charge in [-0.25, -0.2) is 0 Å². The summed E-state index contributed by atoms with van der Waals surface area (Å²) in [6, 6.07) is 0.454. The maximum atomic E-state index is 11.0. The van der Waals surface area contributed by atoms with Gasteiger partial charge in [0.25, 0.3) is 0 Å².